The van der Waals surface area contributed by atoms with Crippen molar-refractivity contribution in [3.63, 3.8) is 0 Å². The van der Waals surface area contributed by atoms with Gasteiger partial charge in [0.2, 0.25) is 0 Å². The molecule has 2 rings (SSSR count). The second kappa shape index (κ2) is 3.76. The van der Waals surface area contributed by atoms with Gasteiger partial charge in [0.25, 0.3) is 0 Å². The number of fused-ring (bicyclic) bond motifs is 1. The quantitative estimate of drug-likeness (QED) is 0.654. The van der Waals surface area contributed by atoms with E-state index in [1.54, 1.807) is 0 Å². The van der Waals surface area contributed by atoms with E-state index in [1.807, 2.05) is 0 Å². The third-order valence-corrected chi connectivity index (χ3v) is 4.23. The van der Waals surface area contributed by atoms with E-state index in [1.165, 1.54) is 18.4 Å². The predicted octanol–water partition coefficient (Wildman–Crippen LogP) is 4.03. The molecule has 0 aromatic carbocycles. The lowest BCUT2D eigenvalue weighted by atomic mass is 9.96. The van der Waals surface area contributed by atoms with Gasteiger partial charge in [-0.3, -0.25) is 0 Å². The van der Waals surface area contributed by atoms with E-state index in [2.05, 4.69) is 20.9 Å². The summed E-state index contributed by atoms with van der Waals surface area (Å²) in [5.41, 5.74) is 2.24. The average molecular weight is 281 g/mol. The van der Waals surface area contributed by atoms with Crippen LogP contribution in [-0.4, -0.2) is 4.98 Å². The lowest BCUT2D eigenvalue weighted by Crippen LogP contribution is -2.06. The number of hydrogen-bond acceptors (Lipinski definition) is 1. The molecule has 1 aliphatic rings. The van der Waals surface area contributed by atoms with Gasteiger partial charge in [0.05, 0.1) is 9.50 Å². The van der Waals surface area contributed by atoms with E-state index in [4.69, 9.17) is 23.2 Å². The standard InChI is InChI=1S/C9H8BrCl2N/c10-7-8(11)5-3-1-2-4-6(5)13-9(7)12/h1-4H2. The third-order valence-electron chi connectivity index (χ3n) is 2.31. The molecule has 4 heteroatoms. The zero-order valence-electron chi connectivity index (χ0n) is 6.91. The van der Waals surface area contributed by atoms with Crippen molar-refractivity contribution >= 4 is 39.1 Å². The fourth-order valence-electron chi connectivity index (χ4n) is 1.64. The maximum absolute atomic E-state index is 6.15. The van der Waals surface area contributed by atoms with Crippen molar-refractivity contribution in [2.24, 2.45) is 0 Å². The molecule has 0 saturated heterocycles. The average Bonchev–Trinajstić information content (AvgIpc) is 2.15. The van der Waals surface area contributed by atoms with Gasteiger partial charge in [-0.2, -0.15) is 0 Å². The van der Waals surface area contributed by atoms with E-state index >= 15 is 0 Å². The van der Waals surface area contributed by atoms with Gasteiger partial charge in [-0.1, -0.05) is 23.2 Å². The van der Waals surface area contributed by atoms with Crippen LogP contribution in [0.4, 0.5) is 0 Å². The zero-order valence-corrected chi connectivity index (χ0v) is 10.0. The van der Waals surface area contributed by atoms with Crippen LogP contribution in [0.25, 0.3) is 0 Å². The number of halogens is 3. The van der Waals surface area contributed by atoms with Gasteiger partial charge >= 0.3 is 0 Å². The van der Waals surface area contributed by atoms with Gasteiger partial charge in [-0.25, -0.2) is 4.98 Å². The molecule has 0 radical (unpaired) electrons. The van der Waals surface area contributed by atoms with Crippen LogP contribution in [0.15, 0.2) is 4.47 Å². The maximum Gasteiger partial charge on any atom is 0.145 e. The van der Waals surface area contributed by atoms with Crippen molar-refractivity contribution in [1.82, 2.24) is 4.98 Å². The topological polar surface area (TPSA) is 12.9 Å². The van der Waals surface area contributed by atoms with Crippen molar-refractivity contribution in [3.8, 4) is 0 Å². The summed E-state index contributed by atoms with van der Waals surface area (Å²) < 4.78 is 0.733. The molecule has 13 heavy (non-hydrogen) atoms. The van der Waals surface area contributed by atoms with Crippen LogP contribution in [0.2, 0.25) is 10.2 Å². The Morgan fingerprint density at radius 2 is 1.85 bits per heavy atom. The second-order valence-electron chi connectivity index (χ2n) is 3.16. The van der Waals surface area contributed by atoms with Crippen molar-refractivity contribution in [3.05, 3.63) is 25.9 Å². The largest absolute Gasteiger partial charge is 0.240 e. The summed E-state index contributed by atoms with van der Waals surface area (Å²) in [4.78, 5) is 4.31. The summed E-state index contributed by atoms with van der Waals surface area (Å²) in [7, 11) is 0. The van der Waals surface area contributed by atoms with Gasteiger partial charge in [-0.05, 0) is 47.2 Å². The monoisotopic (exact) mass is 279 g/mol. The Morgan fingerprint density at radius 3 is 2.62 bits per heavy atom. The molecule has 0 N–H and O–H groups in total. The SMILES string of the molecule is Clc1nc2c(c(Cl)c1Br)CCCC2. The number of nitrogens with zero attached hydrogens (tertiary/aromatic N) is 1. The summed E-state index contributed by atoms with van der Waals surface area (Å²) in [5.74, 6) is 0. The van der Waals surface area contributed by atoms with Gasteiger partial charge in [0.15, 0.2) is 0 Å². The molecule has 1 aliphatic carbocycles. The molecule has 0 unspecified atom stereocenters. The molecule has 0 fully saturated rings. The fraction of sp³-hybridized carbons (Fsp3) is 0.444. The van der Waals surface area contributed by atoms with Crippen LogP contribution < -0.4 is 0 Å². The summed E-state index contributed by atoms with van der Waals surface area (Å²) in [5, 5.41) is 1.22. The van der Waals surface area contributed by atoms with E-state index in [-0.39, 0.29) is 0 Å². The number of pyridine rings is 1. The van der Waals surface area contributed by atoms with E-state index < -0.39 is 0 Å². The van der Waals surface area contributed by atoms with Crippen LogP contribution in [0.5, 0.6) is 0 Å². The Labute approximate surface area is 95.6 Å². The van der Waals surface area contributed by atoms with Crippen LogP contribution in [0.1, 0.15) is 24.1 Å². The summed E-state index contributed by atoms with van der Waals surface area (Å²) in [6.45, 7) is 0. The van der Waals surface area contributed by atoms with Crippen LogP contribution in [0, 0.1) is 0 Å². The molecule has 1 heterocycles. The molecule has 70 valence electrons. The Kier molecular flexibility index (Phi) is 2.82. The molecule has 0 amide bonds. The fourth-order valence-corrected chi connectivity index (χ4v) is 2.51. The van der Waals surface area contributed by atoms with Crippen molar-refractivity contribution in [2.75, 3.05) is 0 Å². The van der Waals surface area contributed by atoms with E-state index in [0.717, 1.165) is 28.0 Å². The van der Waals surface area contributed by atoms with Gasteiger partial charge < -0.3 is 0 Å². The molecular formula is C9H8BrCl2N. The Hall–Kier alpha value is 0.210. The van der Waals surface area contributed by atoms with E-state index in [0.29, 0.717) is 5.15 Å². The molecule has 0 atom stereocenters. The van der Waals surface area contributed by atoms with Crippen LogP contribution in [-0.2, 0) is 12.8 Å². The van der Waals surface area contributed by atoms with Crippen LogP contribution >= 0.6 is 39.1 Å². The zero-order chi connectivity index (χ0) is 9.42. The predicted molar refractivity (Wildman–Crippen MR) is 58.6 cm³/mol. The number of aryl methyl sites for hydroxylation is 1. The highest BCUT2D eigenvalue weighted by Gasteiger charge is 2.18. The molecular weight excluding hydrogens is 273 g/mol. The summed E-state index contributed by atoms with van der Waals surface area (Å²) in [6.07, 6.45) is 4.41. The molecule has 0 bridgehead atoms. The van der Waals surface area contributed by atoms with Crippen molar-refractivity contribution < 1.29 is 0 Å². The Morgan fingerprint density at radius 1 is 1.15 bits per heavy atom. The van der Waals surface area contributed by atoms with E-state index in [9.17, 15) is 0 Å². The maximum atomic E-state index is 6.15. The minimum absolute atomic E-state index is 0.477. The first kappa shape index (κ1) is 9.75. The lowest BCUT2D eigenvalue weighted by molar-refractivity contribution is 0.667. The molecule has 1 nitrogen and oxygen atoms in total. The number of rotatable bonds is 0. The van der Waals surface area contributed by atoms with Crippen molar-refractivity contribution in [2.45, 2.75) is 25.7 Å². The Balaban J connectivity index is 2.60. The highest BCUT2D eigenvalue weighted by Crippen LogP contribution is 2.36. The smallest absolute Gasteiger partial charge is 0.145 e. The van der Waals surface area contributed by atoms with Crippen LogP contribution in [0.3, 0.4) is 0 Å². The van der Waals surface area contributed by atoms with Gasteiger partial charge in [-0.15, -0.1) is 0 Å². The molecule has 1 aromatic rings. The lowest BCUT2D eigenvalue weighted by Gasteiger charge is -2.17. The first-order valence-corrected chi connectivity index (χ1v) is 5.77. The van der Waals surface area contributed by atoms with Gasteiger partial charge in [0.1, 0.15) is 5.15 Å². The minimum Gasteiger partial charge on any atom is -0.240 e. The van der Waals surface area contributed by atoms with Crippen molar-refractivity contribution in [1.29, 1.82) is 0 Å². The second-order valence-corrected chi connectivity index (χ2v) is 4.69. The molecule has 0 aliphatic heterocycles. The number of hydrogen-bond donors (Lipinski definition) is 0. The highest BCUT2D eigenvalue weighted by molar-refractivity contribution is 9.10. The minimum atomic E-state index is 0.477. The first-order valence-electron chi connectivity index (χ1n) is 4.22. The van der Waals surface area contributed by atoms with Gasteiger partial charge in [0, 0.05) is 5.69 Å². The highest BCUT2D eigenvalue weighted by atomic mass is 79.9. The summed E-state index contributed by atoms with van der Waals surface area (Å²) >= 11 is 15.4. The molecule has 0 spiro atoms. The molecule has 1 aromatic heterocycles. The number of aromatic nitrogens is 1. The normalized spacial score (nSPS) is 15.6. The molecule has 0 saturated carbocycles. The summed E-state index contributed by atoms with van der Waals surface area (Å²) in [6, 6.07) is 0. The third kappa shape index (κ3) is 1.72. The Bertz CT molecular complexity index is 352. The first-order chi connectivity index (χ1) is 6.20.